The Hall–Kier alpha value is -2.68. The van der Waals surface area contributed by atoms with E-state index >= 15 is 0 Å². The van der Waals surface area contributed by atoms with E-state index in [0.29, 0.717) is 46.5 Å². The Morgan fingerprint density at radius 2 is 2.07 bits per heavy atom. The highest BCUT2D eigenvalue weighted by molar-refractivity contribution is 6.30. The van der Waals surface area contributed by atoms with Gasteiger partial charge >= 0.3 is 0 Å². The van der Waals surface area contributed by atoms with Gasteiger partial charge in [0.1, 0.15) is 24.1 Å². The number of aromatic nitrogens is 2. The van der Waals surface area contributed by atoms with E-state index in [1.807, 2.05) is 0 Å². The molecule has 0 radical (unpaired) electrons. The number of nitrogens with one attached hydrogen (secondary N) is 1. The molecule has 2 unspecified atom stereocenters. The first kappa shape index (κ1) is 19.3. The second-order valence-corrected chi connectivity index (χ2v) is 7.58. The van der Waals surface area contributed by atoms with Gasteiger partial charge in [-0.1, -0.05) is 11.6 Å². The van der Waals surface area contributed by atoms with E-state index in [1.54, 1.807) is 19.2 Å². The molecular formula is C21H19ClFN3O4. The number of hydrogen-bond donors (Lipinski definition) is 1. The van der Waals surface area contributed by atoms with E-state index in [4.69, 9.17) is 30.5 Å². The fourth-order valence-corrected chi connectivity index (χ4v) is 4.00. The molecule has 2 aliphatic heterocycles. The van der Waals surface area contributed by atoms with Gasteiger partial charge in [0, 0.05) is 23.1 Å². The number of hydrogen-bond acceptors (Lipinski definition) is 7. The van der Waals surface area contributed by atoms with Gasteiger partial charge in [-0.05, 0) is 30.7 Å². The van der Waals surface area contributed by atoms with Crippen LogP contribution in [-0.2, 0) is 9.47 Å². The van der Waals surface area contributed by atoms with Gasteiger partial charge in [-0.15, -0.1) is 0 Å². The van der Waals surface area contributed by atoms with Gasteiger partial charge in [-0.2, -0.15) is 0 Å². The largest absolute Gasteiger partial charge is 0.493 e. The quantitative estimate of drug-likeness (QED) is 0.651. The van der Waals surface area contributed by atoms with Crippen LogP contribution in [0.15, 0.2) is 36.7 Å². The molecule has 5 rings (SSSR count). The van der Waals surface area contributed by atoms with Gasteiger partial charge in [0.2, 0.25) is 0 Å². The molecular weight excluding hydrogens is 413 g/mol. The van der Waals surface area contributed by atoms with Crippen LogP contribution in [0.1, 0.15) is 6.42 Å². The van der Waals surface area contributed by atoms with Crippen LogP contribution in [-0.4, -0.2) is 48.6 Å². The van der Waals surface area contributed by atoms with Crippen molar-refractivity contribution in [3.05, 3.63) is 47.5 Å². The summed E-state index contributed by atoms with van der Waals surface area (Å²) in [5.41, 5.74) is 0.836. The molecule has 2 aliphatic rings. The maximum Gasteiger partial charge on any atom is 0.164 e. The second-order valence-electron chi connectivity index (χ2n) is 7.14. The molecule has 0 amide bonds. The van der Waals surface area contributed by atoms with E-state index in [-0.39, 0.29) is 24.0 Å². The predicted octanol–water partition coefficient (Wildman–Crippen LogP) is 4.11. The van der Waals surface area contributed by atoms with Gasteiger partial charge in [0.25, 0.3) is 0 Å². The molecule has 0 aliphatic carbocycles. The first-order valence-corrected chi connectivity index (χ1v) is 9.95. The lowest BCUT2D eigenvalue weighted by atomic mass is 10.1. The summed E-state index contributed by atoms with van der Waals surface area (Å²) in [4.78, 5) is 8.59. The number of nitrogens with zero attached hydrogens (tertiary/aromatic N) is 2. The molecule has 3 atom stereocenters. The van der Waals surface area contributed by atoms with Crippen LogP contribution in [0.5, 0.6) is 11.5 Å². The Kier molecular flexibility index (Phi) is 5.06. The first-order valence-electron chi connectivity index (χ1n) is 9.57. The number of rotatable bonds is 5. The third-order valence-electron chi connectivity index (χ3n) is 5.30. The molecule has 0 spiro atoms. The number of anilines is 2. The first-order chi connectivity index (χ1) is 14.6. The van der Waals surface area contributed by atoms with Crippen LogP contribution in [0.25, 0.3) is 10.9 Å². The van der Waals surface area contributed by atoms with E-state index < -0.39 is 5.82 Å². The fraction of sp³-hybridized carbons (Fsp3) is 0.333. The van der Waals surface area contributed by atoms with Crippen LogP contribution < -0.4 is 14.8 Å². The summed E-state index contributed by atoms with van der Waals surface area (Å²) in [6.07, 6.45) is 2.05. The van der Waals surface area contributed by atoms with Crippen LogP contribution in [0, 0.1) is 5.82 Å². The van der Waals surface area contributed by atoms with Crippen molar-refractivity contribution in [2.24, 2.45) is 0 Å². The average molecular weight is 432 g/mol. The molecule has 2 saturated heterocycles. The number of benzene rings is 2. The summed E-state index contributed by atoms with van der Waals surface area (Å²) < 4.78 is 37.4. The minimum Gasteiger partial charge on any atom is -0.493 e. The summed E-state index contributed by atoms with van der Waals surface area (Å²) in [7, 11) is 1.56. The van der Waals surface area contributed by atoms with Crippen LogP contribution in [0.2, 0.25) is 5.02 Å². The molecule has 0 bridgehead atoms. The van der Waals surface area contributed by atoms with Crippen LogP contribution in [0.3, 0.4) is 0 Å². The Morgan fingerprint density at radius 1 is 1.17 bits per heavy atom. The number of fused-ring (bicyclic) bond motifs is 2. The smallest absolute Gasteiger partial charge is 0.164 e. The molecule has 156 valence electrons. The topological polar surface area (TPSA) is 74.7 Å². The highest BCUT2D eigenvalue weighted by atomic mass is 35.5. The third kappa shape index (κ3) is 3.51. The Balaban J connectivity index is 1.49. The fourth-order valence-electron chi connectivity index (χ4n) is 3.83. The molecule has 1 N–H and O–H groups in total. The normalized spacial score (nSPS) is 22.8. The lowest BCUT2D eigenvalue weighted by Crippen LogP contribution is -2.32. The average Bonchev–Trinajstić information content (AvgIpc) is 3.35. The Bertz CT molecular complexity index is 1100. The SMILES string of the molecule is COc1cc2c(Nc3cc(Cl)ccc3F)ncnc2cc1O[C@@H]1COC2CCOC21. The van der Waals surface area contributed by atoms with Crippen molar-refractivity contribution in [1.29, 1.82) is 0 Å². The summed E-state index contributed by atoms with van der Waals surface area (Å²) in [6.45, 7) is 1.13. The Labute approximate surface area is 177 Å². The number of methoxy groups -OCH3 is 1. The summed E-state index contributed by atoms with van der Waals surface area (Å²) in [5, 5.41) is 4.05. The van der Waals surface area contributed by atoms with E-state index in [1.165, 1.54) is 24.5 Å². The van der Waals surface area contributed by atoms with Crippen molar-refractivity contribution < 1.29 is 23.3 Å². The van der Waals surface area contributed by atoms with Crippen LogP contribution >= 0.6 is 11.6 Å². The van der Waals surface area contributed by atoms with Gasteiger partial charge in [-0.25, -0.2) is 14.4 Å². The summed E-state index contributed by atoms with van der Waals surface area (Å²) >= 11 is 5.99. The molecule has 0 saturated carbocycles. The van der Waals surface area contributed by atoms with Gasteiger partial charge in [0.15, 0.2) is 17.6 Å². The van der Waals surface area contributed by atoms with E-state index in [9.17, 15) is 4.39 Å². The van der Waals surface area contributed by atoms with E-state index in [0.717, 1.165) is 6.42 Å². The van der Waals surface area contributed by atoms with Crippen molar-refractivity contribution in [3.63, 3.8) is 0 Å². The minimum atomic E-state index is -0.439. The van der Waals surface area contributed by atoms with Crippen molar-refractivity contribution in [2.75, 3.05) is 25.6 Å². The number of halogens is 2. The minimum absolute atomic E-state index is 0.0761. The Morgan fingerprint density at radius 3 is 2.93 bits per heavy atom. The van der Waals surface area contributed by atoms with Crippen molar-refractivity contribution in [1.82, 2.24) is 9.97 Å². The van der Waals surface area contributed by atoms with Crippen LogP contribution in [0.4, 0.5) is 15.9 Å². The van der Waals surface area contributed by atoms with Gasteiger partial charge < -0.3 is 24.3 Å². The van der Waals surface area contributed by atoms with Crippen molar-refractivity contribution in [3.8, 4) is 11.5 Å². The van der Waals surface area contributed by atoms with E-state index in [2.05, 4.69) is 15.3 Å². The maximum atomic E-state index is 14.2. The van der Waals surface area contributed by atoms with Gasteiger partial charge in [0.05, 0.1) is 31.0 Å². The lowest BCUT2D eigenvalue weighted by molar-refractivity contribution is 0.0298. The zero-order valence-corrected chi connectivity index (χ0v) is 16.9. The van der Waals surface area contributed by atoms with Crippen molar-refractivity contribution >= 4 is 34.0 Å². The zero-order chi connectivity index (χ0) is 20.7. The van der Waals surface area contributed by atoms with Gasteiger partial charge in [-0.3, -0.25) is 0 Å². The lowest BCUT2D eigenvalue weighted by Gasteiger charge is -2.20. The zero-order valence-electron chi connectivity index (χ0n) is 16.1. The molecule has 9 heteroatoms. The van der Waals surface area contributed by atoms with Crippen molar-refractivity contribution in [2.45, 2.75) is 24.7 Å². The highest BCUT2D eigenvalue weighted by Crippen LogP contribution is 2.38. The molecule has 2 fully saturated rings. The molecule has 2 aromatic carbocycles. The molecule has 1 aromatic heterocycles. The highest BCUT2D eigenvalue weighted by Gasteiger charge is 2.43. The number of ether oxygens (including phenoxy) is 4. The summed E-state index contributed by atoms with van der Waals surface area (Å²) in [6, 6.07) is 7.81. The standard InChI is InChI=1S/C21H19ClFN3O4/c1-27-17-7-12-14(8-18(17)30-19-9-29-16-4-5-28-20(16)19)24-10-25-21(12)26-15-6-11(22)2-3-13(15)23/h2-3,6-8,10,16,19-20H,4-5,9H2,1H3,(H,24,25,26)/t16?,19-,20?/m1/s1. The molecule has 3 heterocycles. The maximum absolute atomic E-state index is 14.2. The molecule has 7 nitrogen and oxygen atoms in total. The molecule has 30 heavy (non-hydrogen) atoms. The third-order valence-corrected chi connectivity index (χ3v) is 5.54. The molecule has 3 aromatic rings. The summed E-state index contributed by atoms with van der Waals surface area (Å²) in [5.74, 6) is 1.03. The second kappa shape index (κ2) is 7.86. The predicted molar refractivity (Wildman–Crippen MR) is 109 cm³/mol. The monoisotopic (exact) mass is 431 g/mol.